The highest BCUT2D eigenvalue weighted by atomic mass is 16.5. The number of hydroxylamine groups is 1. The molecule has 0 bridgehead atoms. The fourth-order valence-corrected chi connectivity index (χ4v) is 4.00. The molecule has 1 aromatic carbocycles. The molecule has 3 rings (SSSR count). The van der Waals surface area contributed by atoms with E-state index in [2.05, 4.69) is 4.90 Å². The molecular formula is C19H27N3O3. The number of rotatable bonds is 4. The molecule has 2 heterocycles. The van der Waals surface area contributed by atoms with Gasteiger partial charge in [0.05, 0.1) is 0 Å². The van der Waals surface area contributed by atoms with Gasteiger partial charge in [0.2, 0.25) is 5.91 Å². The summed E-state index contributed by atoms with van der Waals surface area (Å²) in [5.74, 6) is -0.0859. The fourth-order valence-electron chi connectivity index (χ4n) is 4.00. The van der Waals surface area contributed by atoms with E-state index in [-0.39, 0.29) is 11.8 Å². The van der Waals surface area contributed by atoms with Crippen molar-refractivity contribution >= 4 is 11.8 Å². The van der Waals surface area contributed by atoms with Crippen LogP contribution in [0, 0.1) is 5.92 Å². The number of nitrogens with zero attached hydrogens (tertiary/aromatic N) is 2. The second kappa shape index (κ2) is 8.45. The van der Waals surface area contributed by atoms with E-state index in [4.69, 9.17) is 5.21 Å². The number of piperidine rings is 2. The number of hydrogen-bond acceptors (Lipinski definition) is 4. The Balaban J connectivity index is 1.63. The molecule has 0 aromatic heterocycles. The van der Waals surface area contributed by atoms with Crippen LogP contribution in [0.25, 0.3) is 0 Å². The molecule has 2 fully saturated rings. The Kier molecular flexibility index (Phi) is 6.04. The van der Waals surface area contributed by atoms with Crippen molar-refractivity contribution in [3.8, 4) is 0 Å². The van der Waals surface area contributed by atoms with Gasteiger partial charge in [-0.3, -0.25) is 19.7 Å². The molecule has 1 aromatic rings. The highest BCUT2D eigenvalue weighted by Gasteiger charge is 2.34. The maximum Gasteiger partial charge on any atom is 0.265 e. The molecule has 0 radical (unpaired) electrons. The minimum atomic E-state index is -0.516. The molecule has 2 amide bonds. The first-order valence-electron chi connectivity index (χ1n) is 9.22. The number of nitrogens with one attached hydrogen (secondary N) is 1. The van der Waals surface area contributed by atoms with Crippen molar-refractivity contribution in [3.63, 3.8) is 0 Å². The molecular weight excluding hydrogens is 318 g/mol. The van der Waals surface area contributed by atoms with Gasteiger partial charge in [0, 0.05) is 19.0 Å². The van der Waals surface area contributed by atoms with Gasteiger partial charge in [-0.15, -0.1) is 0 Å². The van der Waals surface area contributed by atoms with Crippen molar-refractivity contribution < 1.29 is 14.8 Å². The highest BCUT2D eigenvalue weighted by Crippen LogP contribution is 2.28. The van der Waals surface area contributed by atoms with Crippen molar-refractivity contribution in [3.05, 3.63) is 35.9 Å². The van der Waals surface area contributed by atoms with E-state index in [9.17, 15) is 9.59 Å². The van der Waals surface area contributed by atoms with Gasteiger partial charge in [-0.05, 0) is 50.8 Å². The van der Waals surface area contributed by atoms with Crippen molar-refractivity contribution in [1.29, 1.82) is 0 Å². The molecule has 6 heteroatoms. The summed E-state index contributed by atoms with van der Waals surface area (Å²) in [5, 5.41) is 9.12. The van der Waals surface area contributed by atoms with Crippen LogP contribution >= 0.6 is 0 Å². The lowest BCUT2D eigenvalue weighted by Gasteiger charge is -2.38. The van der Waals surface area contributed by atoms with Crippen LogP contribution in [-0.4, -0.2) is 53.0 Å². The van der Waals surface area contributed by atoms with Crippen LogP contribution in [0.3, 0.4) is 0 Å². The molecule has 25 heavy (non-hydrogen) atoms. The predicted molar refractivity (Wildman–Crippen MR) is 93.8 cm³/mol. The topological polar surface area (TPSA) is 72.9 Å². The summed E-state index contributed by atoms with van der Waals surface area (Å²) in [6, 6.07) is 8.95. The number of likely N-dealkylation sites (tertiary alicyclic amines) is 2. The summed E-state index contributed by atoms with van der Waals surface area (Å²) in [6.07, 6.45) is 4.96. The third kappa shape index (κ3) is 4.19. The van der Waals surface area contributed by atoms with Gasteiger partial charge in [-0.25, -0.2) is 5.48 Å². The third-order valence-corrected chi connectivity index (χ3v) is 5.39. The molecule has 2 N–H and O–H groups in total. The number of hydrogen-bond donors (Lipinski definition) is 2. The molecule has 6 nitrogen and oxygen atoms in total. The van der Waals surface area contributed by atoms with E-state index in [0.717, 1.165) is 44.3 Å². The van der Waals surface area contributed by atoms with Crippen LogP contribution in [0.5, 0.6) is 0 Å². The predicted octanol–water partition coefficient (Wildman–Crippen LogP) is 1.96. The zero-order valence-corrected chi connectivity index (χ0v) is 14.6. The third-order valence-electron chi connectivity index (χ3n) is 5.39. The maximum absolute atomic E-state index is 12.7. The van der Waals surface area contributed by atoms with Gasteiger partial charge in [0.1, 0.15) is 6.04 Å². The van der Waals surface area contributed by atoms with Crippen molar-refractivity contribution in [1.82, 2.24) is 15.3 Å². The lowest BCUT2D eigenvalue weighted by Crippen LogP contribution is -2.47. The molecule has 2 saturated heterocycles. The zero-order valence-electron chi connectivity index (χ0n) is 14.6. The van der Waals surface area contributed by atoms with Gasteiger partial charge in [0.15, 0.2) is 0 Å². The normalized spacial score (nSPS) is 20.9. The minimum absolute atomic E-state index is 0.0583. The summed E-state index contributed by atoms with van der Waals surface area (Å²) in [7, 11) is 0. The summed E-state index contributed by atoms with van der Waals surface area (Å²) < 4.78 is 0. The van der Waals surface area contributed by atoms with Crippen molar-refractivity contribution in [2.24, 2.45) is 5.92 Å². The van der Waals surface area contributed by atoms with Crippen molar-refractivity contribution in [2.45, 2.75) is 38.1 Å². The molecule has 0 spiro atoms. The summed E-state index contributed by atoms with van der Waals surface area (Å²) in [6.45, 7) is 3.13. The van der Waals surface area contributed by atoms with E-state index in [0.29, 0.717) is 13.1 Å². The standard InChI is InChI=1S/C19H27N3O3/c23-18(20-25)17(15-7-3-1-4-8-15)21-13-9-16(10-14-21)19(24)22-11-5-2-6-12-22/h1,3-4,7-8,16-17,25H,2,5-6,9-14H2,(H,20,23). The van der Waals surface area contributed by atoms with Gasteiger partial charge in [-0.1, -0.05) is 30.3 Å². The first kappa shape index (κ1) is 17.9. The first-order valence-corrected chi connectivity index (χ1v) is 9.22. The lowest BCUT2D eigenvalue weighted by atomic mass is 9.92. The molecule has 0 saturated carbocycles. The monoisotopic (exact) mass is 345 g/mol. The van der Waals surface area contributed by atoms with Crippen LogP contribution in [0.4, 0.5) is 0 Å². The largest absolute Gasteiger partial charge is 0.342 e. The Morgan fingerprint density at radius 2 is 1.64 bits per heavy atom. The molecule has 1 unspecified atom stereocenters. The summed E-state index contributed by atoms with van der Waals surface area (Å²) >= 11 is 0. The van der Waals surface area contributed by atoms with Crippen LogP contribution in [-0.2, 0) is 9.59 Å². The number of carbonyl (C=O) groups excluding carboxylic acids is 2. The van der Waals surface area contributed by atoms with Crippen LogP contribution in [0.1, 0.15) is 43.7 Å². The van der Waals surface area contributed by atoms with Gasteiger partial charge in [-0.2, -0.15) is 0 Å². The molecule has 0 aliphatic carbocycles. The van der Waals surface area contributed by atoms with Crippen molar-refractivity contribution in [2.75, 3.05) is 26.2 Å². The van der Waals surface area contributed by atoms with Gasteiger partial charge in [0.25, 0.3) is 5.91 Å². The fraction of sp³-hybridized carbons (Fsp3) is 0.579. The highest BCUT2D eigenvalue weighted by molar-refractivity contribution is 5.82. The molecule has 1 atom stereocenters. The van der Waals surface area contributed by atoms with E-state index >= 15 is 0 Å². The van der Waals surface area contributed by atoms with Gasteiger partial charge < -0.3 is 4.90 Å². The second-order valence-corrected chi connectivity index (χ2v) is 6.99. The Labute approximate surface area is 148 Å². The Hall–Kier alpha value is -1.92. The summed E-state index contributed by atoms with van der Waals surface area (Å²) in [4.78, 5) is 28.9. The second-order valence-electron chi connectivity index (χ2n) is 6.99. The van der Waals surface area contributed by atoms with E-state index in [1.165, 1.54) is 6.42 Å². The molecule has 2 aliphatic rings. The Morgan fingerprint density at radius 1 is 1.00 bits per heavy atom. The minimum Gasteiger partial charge on any atom is -0.342 e. The van der Waals surface area contributed by atoms with Crippen LogP contribution < -0.4 is 5.48 Å². The van der Waals surface area contributed by atoms with Gasteiger partial charge >= 0.3 is 0 Å². The smallest absolute Gasteiger partial charge is 0.265 e. The average molecular weight is 345 g/mol. The average Bonchev–Trinajstić information content (AvgIpc) is 2.69. The van der Waals surface area contributed by atoms with Crippen LogP contribution in [0.2, 0.25) is 0 Å². The Morgan fingerprint density at radius 3 is 2.24 bits per heavy atom. The number of amides is 2. The van der Waals surface area contributed by atoms with E-state index < -0.39 is 11.9 Å². The van der Waals surface area contributed by atoms with E-state index in [1.54, 1.807) is 5.48 Å². The van der Waals surface area contributed by atoms with E-state index in [1.807, 2.05) is 35.2 Å². The number of carbonyl (C=O) groups is 2. The zero-order chi connectivity index (χ0) is 17.6. The maximum atomic E-state index is 12.7. The van der Waals surface area contributed by atoms with Crippen LogP contribution in [0.15, 0.2) is 30.3 Å². The Bertz CT molecular complexity index is 579. The summed E-state index contributed by atoms with van der Waals surface area (Å²) in [5.41, 5.74) is 2.65. The number of benzene rings is 1. The lowest BCUT2D eigenvalue weighted by molar-refractivity contribution is -0.139. The molecule has 2 aliphatic heterocycles. The SMILES string of the molecule is O=C(NO)C(c1ccccc1)N1CCC(C(=O)N2CCCCC2)CC1. The quantitative estimate of drug-likeness (QED) is 0.646. The first-order chi connectivity index (χ1) is 12.2. The molecule has 136 valence electrons.